The summed E-state index contributed by atoms with van der Waals surface area (Å²) in [4.78, 5) is 27.7. The van der Waals surface area contributed by atoms with Gasteiger partial charge in [0.15, 0.2) is 11.5 Å². The minimum atomic E-state index is -0.143. The Morgan fingerprint density at radius 1 is 1.00 bits per heavy atom. The third kappa shape index (κ3) is 3.84. The summed E-state index contributed by atoms with van der Waals surface area (Å²) in [5.74, 6) is 1.09. The quantitative estimate of drug-likeness (QED) is 0.704. The van der Waals surface area contributed by atoms with Crippen molar-refractivity contribution in [3.05, 3.63) is 66.5 Å². The fraction of sp³-hybridized carbons (Fsp3) is 0.261. The summed E-state index contributed by atoms with van der Waals surface area (Å²) in [5, 5.41) is 7.20. The van der Waals surface area contributed by atoms with Gasteiger partial charge in [-0.3, -0.25) is 9.59 Å². The molecule has 1 fully saturated rings. The zero-order chi connectivity index (χ0) is 21.2. The molecule has 31 heavy (non-hydrogen) atoms. The third-order valence-electron chi connectivity index (χ3n) is 5.68. The highest BCUT2D eigenvalue weighted by molar-refractivity contribution is 5.98. The summed E-state index contributed by atoms with van der Waals surface area (Å²) in [6.45, 7) is 1.26. The molecule has 8 nitrogen and oxygen atoms in total. The van der Waals surface area contributed by atoms with Crippen LogP contribution in [0.1, 0.15) is 23.2 Å². The van der Waals surface area contributed by atoms with Gasteiger partial charge < -0.3 is 19.7 Å². The van der Waals surface area contributed by atoms with Gasteiger partial charge in [0.1, 0.15) is 0 Å². The van der Waals surface area contributed by atoms with Gasteiger partial charge in [0, 0.05) is 43.2 Å². The zero-order valence-electron chi connectivity index (χ0n) is 16.9. The van der Waals surface area contributed by atoms with Gasteiger partial charge >= 0.3 is 0 Å². The van der Waals surface area contributed by atoms with Crippen molar-refractivity contribution in [1.29, 1.82) is 0 Å². The van der Waals surface area contributed by atoms with E-state index >= 15 is 0 Å². The Morgan fingerprint density at radius 3 is 2.61 bits per heavy atom. The first-order valence-electron chi connectivity index (χ1n) is 10.3. The van der Waals surface area contributed by atoms with Crippen LogP contribution >= 0.6 is 0 Å². The topological polar surface area (TPSA) is 85.7 Å². The van der Waals surface area contributed by atoms with Gasteiger partial charge in [-0.25, -0.2) is 4.68 Å². The predicted octanol–water partition coefficient (Wildman–Crippen LogP) is 3.09. The van der Waals surface area contributed by atoms with Crippen LogP contribution in [0.2, 0.25) is 0 Å². The molecule has 1 N–H and O–H groups in total. The number of nitrogens with zero attached hydrogens (tertiary/aromatic N) is 3. The van der Waals surface area contributed by atoms with Crippen molar-refractivity contribution in [1.82, 2.24) is 14.7 Å². The van der Waals surface area contributed by atoms with Gasteiger partial charge in [0.2, 0.25) is 12.7 Å². The molecular formula is C23H22N4O4. The van der Waals surface area contributed by atoms with E-state index in [1.807, 2.05) is 41.4 Å². The molecule has 0 spiro atoms. The first kappa shape index (κ1) is 19.2. The summed E-state index contributed by atoms with van der Waals surface area (Å²) < 4.78 is 12.4. The first-order chi connectivity index (χ1) is 15.2. The molecule has 2 aromatic carbocycles. The Morgan fingerprint density at radius 2 is 1.81 bits per heavy atom. The van der Waals surface area contributed by atoms with Gasteiger partial charge in [-0.05, 0) is 43.2 Å². The molecule has 2 amide bonds. The fourth-order valence-electron chi connectivity index (χ4n) is 4.00. The highest BCUT2D eigenvalue weighted by Crippen LogP contribution is 2.34. The number of ether oxygens (including phenoxy) is 2. The predicted molar refractivity (Wildman–Crippen MR) is 113 cm³/mol. The summed E-state index contributed by atoms with van der Waals surface area (Å²) in [5.41, 5.74) is 2.04. The highest BCUT2D eigenvalue weighted by Gasteiger charge is 2.29. The van der Waals surface area contributed by atoms with Gasteiger partial charge in [0.25, 0.3) is 5.91 Å². The summed E-state index contributed by atoms with van der Waals surface area (Å²) in [6, 6.07) is 14.6. The number of carbonyl (C=O) groups is 2. The van der Waals surface area contributed by atoms with E-state index in [0.29, 0.717) is 48.7 Å². The Balaban J connectivity index is 1.22. The number of aromatic nitrogens is 2. The van der Waals surface area contributed by atoms with Gasteiger partial charge in [-0.15, -0.1) is 0 Å². The number of carbonyl (C=O) groups excluding carboxylic acids is 2. The van der Waals surface area contributed by atoms with Gasteiger partial charge in [-0.1, -0.05) is 12.1 Å². The summed E-state index contributed by atoms with van der Waals surface area (Å²) in [7, 11) is 0. The number of amides is 2. The second kappa shape index (κ2) is 8.14. The van der Waals surface area contributed by atoms with Crippen LogP contribution in [-0.2, 0) is 4.79 Å². The van der Waals surface area contributed by atoms with Crippen LogP contribution in [0.5, 0.6) is 11.5 Å². The van der Waals surface area contributed by atoms with Gasteiger partial charge in [0.05, 0.1) is 11.3 Å². The lowest BCUT2D eigenvalue weighted by atomic mass is 9.95. The van der Waals surface area contributed by atoms with Crippen LogP contribution in [-0.4, -0.2) is 46.4 Å². The lowest BCUT2D eigenvalue weighted by molar-refractivity contribution is -0.121. The lowest BCUT2D eigenvalue weighted by Crippen LogP contribution is -2.41. The molecule has 1 saturated heterocycles. The van der Waals surface area contributed by atoms with Crippen molar-refractivity contribution in [3.8, 4) is 17.2 Å². The van der Waals surface area contributed by atoms with E-state index in [2.05, 4.69) is 10.4 Å². The van der Waals surface area contributed by atoms with Crippen molar-refractivity contribution in [2.24, 2.45) is 5.92 Å². The van der Waals surface area contributed by atoms with E-state index in [1.165, 1.54) is 0 Å². The van der Waals surface area contributed by atoms with Crippen LogP contribution in [0, 0.1) is 5.92 Å². The number of fused-ring (bicyclic) bond motifs is 1. The average molecular weight is 418 g/mol. The largest absolute Gasteiger partial charge is 0.454 e. The van der Waals surface area contributed by atoms with Crippen molar-refractivity contribution in [3.63, 3.8) is 0 Å². The van der Waals surface area contributed by atoms with Crippen molar-refractivity contribution in [2.45, 2.75) is 12.8 Å². The maximum atomic E-state index is 13.2. The molecule has 0 aliphatic carbocycles. The molecule has 2 aliphatic rings. The number of likely N-dealkylation sites (tertiary alicyclic amines) is 1. The van der Waals surface area contributed by atoms with Gasteiger partial charge in [-0.2, -0.15) is 5.10 Å². The zero-order valence-corrected chi connectivity index (χ0v) is 16.9. The Hall–Kier alpha value is -3.81. The number of nitrogens with one attached hydrogen (secondary N) is 1. The molecule has 2 aliphatic heterocycles. The van der Waals surface area contributed by atoms with Crippen LogP contribution in [0.15, 0.2) is 60.9 Å². The number of rotatable bonds is 4. The standard InChI is InChI=1S/C23H22N4O4/c28-22(25-17-6-7-20-21(14-17)31-15-30-20)16-8-12-26(13-9-16)23(29)18-4-1-2-5-19(18)27-11-3-10-24-27/h1-7,10-11,14,16H,8-9,12-13,15H2,(H,25,28). The SMILES string of the molecule is O=C(Nc1ccc2c(c1)OCO2)C1CCN(C(=O)c2ccccc2-n2cccn2)CC1. The van der Waals surface area contributed by atoms with E-state index in [4.69, 9.17) is 9.47 Å². The molecule has 0 radical (unpaired) electrons. The lowest BCUT2D eigenvalue weighted by Gasteiger charge is -2.31. The second-order valence-corrected chi connectivity index (χ2v) is 7.59. The number of anilines is 1. The number of para-hydroxylation sites is 1. The van der Waals surface area contributed by atoms with Crippen molar-refractivity contribution < 1.29 is 19.1 Å². The number of benzene rings is 2. The molecule has 1 aromatic heterocycles. The molecule has 0 unspecified atom stereocenters. The first-order valence-corrected chi connectivity index (χ1v) is 10.3. The second-order valence-electron chi connectivity index (χ2n) is 7.59. The molecule has 158 valence electrons. The number of hydrogen-bond donors (Lipinski definition) is 1. The Kier molecular flexibility index (Phi) is 5.03. The Labute approximate surface area is 179 Å². The molecule has 0 bridgehead atoms. The summed E-state index contributed by atoms with van der Waals surface area (Å²) >= 11 is 0. The van der Waals surface area contributed by atoms with E-state index in [9.17, 15) is 9.59 Å². The Bertz CT molecular complexity index is 1100. The smallest absolute Gasteiger partial charge is 0.256 e. The van der Waals surface area contributed by atoms with Crippen LogP contribution < -0.4 is 14.8 Å². The normalized spacial score (nSPS) is 15.7. The van der Waals surface area contributed by atoms with Crippen LogP contribution in [0.25, 0.3) is 5.69 Å². The van der Waals surface area contributed by atoms with E-state index in [1.54, 1.807) is 29.1 Å². The fourth-order valence-corrected chi connectivity index (χ4v) is 4.00. The van der Waals surface area contributed by atoms with Crippen molar-refractivity contribution in [2.75, 3.05) is 25.2 Å². The molecule has 0 saturated carbocycles. The van der Waals surface area contributed by atoms with E-state index < -0.39 is 0 Å². The minimum absolute atomic E-state index is 0.0390. The molecule has 3 aromatic rings. The van der Waals surface area contributed by atoms with E-state index in [0.717, 1.165) is 5.69 Å². The molecular weight excluding hydrogens is 396 g/mol. The maximum Gasteiger partial charge on any atom is 0.256 e. The molecule has 3 heterocycles. The molecule has 5 rings (SSSR count). The minimum Gasteiger partial charge on any atom is -0.454 e. The number of hydrogen-bond acceptors (Lipinski definition) is 5. The van der Waals surface area contributed by atoms with Crippen LogP contribution in [0.4, 0.5) is 5.69 Å². The molecule has 8 heteroatoms. The van der Waals surface area contributed by atoms with Crippen molar-refractivity contribution >= 4 is 17.5 Å². The monoisotopic (exact) mass is 418 g/mol. The summed E-state index contributed by atoms with van der Waals surface area (Å²) in [6.07, 6.45) is 4.74. The molecule has 0 atom stereocenters. The highest BCUT2D eigenvalue weighted by atomic mass is 16.7. The number of piperidine rings is 1. The maximum absolute atomic E-state index is 13.2. The van der Waals surface area contributed by atoms with E-state index in [-0.39, 0.29) is 24.5 Å². The average Bonchev–Trinajstić information content (AvgIpc) is 3.50. The van der Waals surface area contributed by atoms with Crippen LogP contribution in [0.3, 0.4) is 0 Å². The third-order valence-corrected chi connectivity index (χ3v) is 5.68.